The number of nitrogens with zero attached hydrogens (tertiary/aromatic N) is 1. The molecule has 0 aliphatic heterocycles. The molecule has 12 heavy (non-hydrogen) atoms. The molecule has 0 bridgehead atoms. The van der Waals surface area contributed by atoms with Gasteiger partial charge < -0.3 is 9.45 Å². The molecule has 0 aliphatic carbocycles. The summed E-state index contributed by atoms with van der Waals surface area (Å²) in [5.74, 6) is 0. The summed E-state index contributed by atoms with van der Waals surface area (Å²) in [5.41, 5.74) is 0. The van der Waals surface area contributed by atoms with Gasteiger partial charge in [0.25, 0.3) is 0 Å². The fourth-order valence-corrected chi connectivity index (χ4v) is 0.987. The molecule has 7 heteroatoms. The maximum Gasteiger partial charge on any atom is 1.00 e. The minimum atomic E-state index is -4.24. The van der Waals surface area contributed by atoms with Gasteiger partial charge in [0.2, 0.25) is 0 Å². The molecule has 68 valence electrons. The second-order valence-corrected chi connectivity index (χ2v) is 3.70. The van der Waals surface area contributed by atoms with E-state index in [1.807, 2.05) is 23.7 Å². The van der Waals surface area contributed by atoms with Gasteiger partial charge in [0.15, 0.2) is 10.3 Å². The number of nitrogens with one attached hydrogen (secondary N) is 1. The van der Waals surface area contributed by atoms with Crippen LogP contribution in [0.4, 0.5) is 0 Å². The van der Waals surface area contributed by atoms with Crippen LogP contribution < -0.4 is 34.3 Å². The second kappa shape index (κ2) is 7.25. The zero-order chi connectivity index (χ0) is 8.91. The average Bonchev–Trinajstić information content (AvgIpc) is 1.78. The smallest absolute Gasteiger partial charge is 0.735 e. The van der Waals surface area contributed by atoms with E-state index in [0.29, 0.717) is 6.42 Å². The van der Waals surface area contributed by atoms with Gasteiger partial charge in [-0.3, -0.25) is 0 Å². The molecule has 0 atom stereocenters. The molecule has 0 unspecified atom stereocenters. The molecule has 0 spiro atoms. The summed E-state index contributed by atoms with van der Waals surface area (Å²) in [5, 5.41) is 0. The van der Waals surface area contributed by atoms with Crippen LogP contribution in [0, 0.1) is 0 Å². The summed E-state index contributed by atoms with van der Waals surface area (Å²) in [6.07, 6.45) is 0.647. The molecule has 0 aromatic rings. The van der Waals surface area contributed by atoms with Crippen LogP contribution in [0.3, 0.4) is 0 Å². The molecule has 0 saturated heterocycles. The van der Waals surface area contributed by atoms with Crippen LogP contribution in [0.15, 0.2) is 0 Å². The molecule has 1 N–H and O–H groups in total. The van der Waals surface area contributed by atoms with Crippen molar-refractivity contribution in [2.75, 3.05) is 27.2 Å². The van der Waals surface area contributed by atoms with Gasteiger partial charge in [-0.15, -0.1) is 0 Å². The van der Waals surface area contributed by atoms with Crippen LogP contribution in [0.2, 0.25) is 0 Å². The first-order valence-electron chi connectivity index (χ1n) is 3.27. The Balaban J connectivity index is 0. The zero-order valence-electron chi connectivity index (χ0n) is 7.70. The van der Waals surface area contributed by atoms with E-state index in [9.17, 15) is 13.0 Å². The molecule has 0 radical (unpaired) electrons. The maximum absolute atomic E-state index is 10.00. The molecule has 0 rings (SSSR count). The Kier molecular flexibility index (Phi) is 9.25. The van der Waals surface area contributed by atoms with Crippen molar-refractivity contribution < 1.29 is 42.5 Å². The van der Waals surface area contributed by atoms with Crippen molar-refractivity contribution >= 4 is 10.3 Å². The molecular formula is C5H13N2NaO3S. The molecule has 0 aromatic heterocycles. The van der Waals surface area contributed by atoms with Gasteiger partial charge in [0, 0.05) is 6.54 Å². The molecule has 0 saturated carbocycles. The first-order valence-corrected chi connectivity index (χ1v) is 4.68. The Morgan fingerprint density at radius 2 is 1.92 bits per heavy atom. The first-order chi connectivity index (χ1) is 4.92. The SMILES string of the molecule is CN(C)CCCNS(=O)(=O)[O-].[Na+]. The number of hydrogen-bond donors (Lipinski definition) is 1. The van der Waals surface area contributed by atoms with Crippen LogP contribution in [0.25, 0.3) is 0 Å². The standard InChI is InChI=1S/C5H14N2O3S.Na/c1-7(2)5-3-4-6-11(8,9)10;/h6H,3-5H2,1-2H3,(H,8,9,10);/q;+1/p-1. The minimum absolute atomic E-state index is 0. The minimum Gasteiger partial charge on any atom is -0.735 e. The summed E-state index contributed by atoms with van der Waals surface area (Å²) in [7, 11) is -0.479. The molecule has 0 fully saturated rings. The molecule has 0 aromatic carbocycles. The Bertz CT molecular complexity index is 193. The molecule has 0 amide bonds. The van der Waals surface area contributed by atoms with E-state index in [2.05, 4.69) is 0 Å². The summed E-state index contributed by atoms with van der Waals surface area (Å²) in [6, 6.07) is 0. The van der Waals surface area contributed by atoms with E-state index < -0.39 is 10.3 Å². The van der Waals surface area contributed by atoms with Crippen LogP contribution in [0.1, 0.15) is 6.42 Å². The average molecular weight is 204 g/mol. The Hall–Kier alpha value is 0.830. The number of hydrogen-bond acceptors (Lipinski definition) is 4. The van der Waals surface area contributed by atoms with Crippen LogP contribution >= 0.6 is 0 Å². The fraction of sp³-hybridized carbons (Fsp3) is 1.00. The van der Waals surface area contributed by atoms with Crippen molar-refractivity contribution in [3.8, 4) is 0 Å². The van der Waals surface area contributed by atoms with E-state index in [1.165, 1.54) is 0 Å². The second-order valence-electron chi connectivity index (χ2n) is 2.51. The van der Waals surface area contributed by atoms with Gasteiger partial charge in [0.05, 0.1) is 0 Å². The van der Waals surface area contributed by atoms with Crippen molar-refractivity contribution in [2.24, 2.45) is 0 Å². The van der Waals surface area contributed by atoms with E-state index in [-0.39, 0.29) is 36.1 Å². The van der Waals surface area contributed by atoms with Crippen molar-refractivity contribution in [1.82, 2.24) is 9.62 Å². The third kappa shape index (κ3) is 13.4. The van der Waals surface area contributed by atoms with Gasteiger partial charge in [-0.05, 0) is 27.1 Å². The van der Waals surface area contributed by atoms with Gasteiger partial charge in [-0.25, -0.2) is 13.1 Å². The molecular weight excluding hydrogens is 191 g/mol. The third-order valence-electron chi connectivity index (χ3n) is 1.06. The van der Waals surface area contributed by atoms with Gasteiger partial charge in [-0.1, -0.05) is 0 Å². The van der Waals surface area contributed by atoms with E-state index in [1.54, 1.807) is 0 Å². The van der Waals surface area contributed by atoms with Crippen LogP contribution in [0.5, 0.6) is 0 Å². The van der Waals surface area contributed by atoms with Crippen molar-refractivity contribution in [3.63, 3.8) is 0 Å². The van der Waals surface area contributed by atoms with Gasteiger partial charge in [0.1, 0.15) is 0 Å². The van der Waals surface area contributed by atoms with E-state index in [0.717, 1.165) is 6.54 Å². The normalized spacial score (nSPS) is 11.3. The largest absolute Gasteiger partial charge is 1.00 e. The van der Waals surface area contributed by atoms with Crippen molar-refractivity contribution in [1.29, 1.82) is 0 Å². The zero-order valence-corrected chi connectivity index (χ0v) is 10.5. The topological polar surface area (TPSA) is 72.5 Å². The quantitative estimate of drug-likeness (QED) is 0.281. The molecule has 5 nitrogen and oxygen atoms in total. The Morgan fingerprint density at radius 1 is 1.42 bits per heavy atom. The summed E-state index contributed by atoms with van der Waals surface area (Å²) in [4.78, 5) is 1.92. The van der Waals surface area contributed by atoms with Gasteiger partial charge in [-0.2, -0.15) is 0 Å². The maximum atomic E-state index is 10.00. The predicted octanol–water partition coefficient (Wildman–Crippen LogP) is -4.01. The molecule has 0 aliphatic rings. The molecule has 0 heterocycles. The van der Waals surface area contributed by atoms with E-state index in [4.69, 9.17) is 0 Å². The third-order valence-corrected chi connectivity index (χ3v) is 1.62. The van der Waals surface area contributed by atoms with Gasteiger partial charge >= 0.3 is 29.6 Å². The van der Waals surface area contributed by atoms with Crippen molar-refractivity contribution in [3.05, 3.63) is 0 Å². The summed E-state index contributed by atoms with van der Waals surface area (Å²) >= 11 is 0. The predicted molar refractivity (Wildman–Crippen MR) is 40.9 cm³/mol. The monoisotopic (exact) mass is 204 g/mol. The summed E-state index contributed by atoms with van der Waals surface area (Å²) < 4.78 is 31.9. The first kappa shape index (κ1) is 15.3. The number of rotatable bonds is 5. The fourth-order valence-electron chi connectivity index (χ4n) is 0.592. The Morgan fingerprint density at radius 3 is 2.25 bits per heavy atom. The Labute approximate surface area is 95.7 Å². The van der Waals surface area contributed by atoms with E-state index >= 15 is 0 Å². The van der Waals surface area contributed by atoms with Crippen LogP contribution in [-0.4, -0.2) is 45.1 Å². The van der Waals surface area contributed by atoms with Crippen molar-refractivity contribution in [2.45, 2.75) is 6.42 Å². The summed E-state index contributed by atoms with van der Waals surface area (Å²) in [6.45, 7) is 0.979. The van der Waals surface area contributed by atoms with Crippen LogP contribution in [-0.2, 0) is 10.3 Å².